The van der Waals surface area contributed by atoms with Crippen LogP contribution in [0.15, 0.2) is 40.6 Å². The van der Waals surface area contributed by atoms with Gasteiger partial charge in [0.15, 0.2) is 5.84 Å². The van der Waals surface area contributed by atoms with Gasteiger partial charge >= 0.3 is 6.18 Å². The zero-order chi connectivity index (χ0) is 17.0. The largest absolute Gasteiger partial charge is 0.398 e. The molecule has 23 heavy (non-hydrogen) atoms. The summed E-state index contributed by atoms with van der Waals surface area (Å²) in [6.07, 6.45) is 0.137. The fourth-order valence-corrected chi connectivity index (χ4v) is 2.74. The van der Waals surface area contributed by atoms with Crippen molar-refractivity contribution in [2.24, 2.45) is 10.7 Å². The molecule has 0 radical (unpaired) electrons. The van der Waals surface area contributed by atoms with Gasteiger partial charge < -0.3 is 5.73 Å². The number of aliphatic imine (C=N–C) groups is 1. The number of hydrogen-bond acceptors (Lipinski definition) is 4. The maximum absolute atomic E-state index is 12.4. The molecule has 0 atom stereocenters. The van der Waals surface area contributed by atoms with Gasteiger partial charge in [-0.3, -0.25) is 4.98 Å². The number of hydrogen-bond donors (Lipinski definition) is 1. The summed E-state index contributed by atoms with van der Waals surface area (Å²) in [4.78, 5) is 12.4. The number of alkyl halides is 3. The lowest BCUT2D eigenvalue weighted by Crippen LogP contribution is -2.14. The molecule has 0 saturated heterocycles. The van der Waals surface area contributed by atoms with E-state index in [1.807, 2.05) is 0 Å². The average molecular weight is 361 g/mol. The molecule has 9 heteroatoms. The Morgan fingerprint density at radius 3 is 2.70 bits per heavy atom. The molecule has 0 aliphatic carbocycles. The van der Waals surface area contributed by atoms with Crippen LogP contribution >= 0.6 is 23.4 Å². The summed E-state index contributed by atoms with van der Waals surface area (Å²) in [5.41, 5.74) is 7.36. The van der Waals surface area contributed by atoms with Crippen LogP contribution in [-0.2, 0) is 0 Å². The van der Waals surface area contributed by atoms with Gasteiger partial charge in [0.2, 0.25) is 0 Å². The third-order valence-electron chi connectivity index (χ3n) is 2.71. The van der Waals surface area contributed by atoms with Gasteiger partial charge in [0.05, 0.1) is 22.7 Å². The third-order valence-corrected chi connectivity index (χ3v) is 4.25. The summed E-state index contributed by atoms with van der Waals surface area (Å²) in [6.45, 7) is 1.74. The fraction of sp³-hybridized carbons (Fsp3) is 0.214. The zero-order valence-electron chi connectivity index (χ0n) is 11.9. The molecule has 0 aliphatic heterocycles. The van der Waals surface area contributed by atoms with Crippen LogP contribution in [0, 0.1) is 6.92 Å². The first kappa shape index (κ1) is 17.6. The van der Waals surface area contributed by atoms with Gasteiger partial charge in [-0.2, -0.15) is 13.2 Å². The van der Waals surface area contributed by atoms with Crippen molar-refractivity contribution in [2.75, 3.05) is 5.75 Å². The Hall–Kier alpha value is -1.80. The van der Waals surface area contributed by atoms with Crippen LogP contribution in [-0.4, -0.2) is 27.7 Å². The lowest BCUT2D eigenvalue weighted by molar-refractivity contribution is -0.105. The third kappa shape index (κ3) is 5.11. The Balaban J connectivity index is 2.32. The molecule has 0 saturated carbocycles. The van der Waals surface area contributed by atoms with Crippen molar-refractivity contribution in [3.05, 3.63) is 47.0 Å². The quantitative estimate of drug-likeness (QED) is 0.506. The Morgan fingerprint density at radius 2 is 2.09 bits per heavy atom. The van der Waals surface area contributed by atoms with Gasteiger partial charge in [-0.1, -0.05) is 11.6 Å². The van der Waals surface area contributed by atoms with Crippen molar-refractivity contribution < 1.29 is 13.2 Å². The highest BCUT2D eigenvalue weighted by atomic mass is 35.5. The van der Waals surface area contributed by atoms with E-state index in [1.54, 1.807) is 13.0 Å². The van der Waals surface area contributed by atoms with Crippen molar-refractivity contribution >= 4 is 34.9 Å². The fourth-order valence-electron chi connectivity index (χ4n) is 1.65. The summed E-state index contributed by atoms with van der Waals surface area (Å²) in [6, 6.07) is 3.04. The number of halogens is 4. The van der Waals surface area contributed by atoms with E-state index in [-0.39, 0.29) is 10.9 Å². The van der Waals surface area contributed by atoms with Gasteiger partial charge in [0.1, 0.15) is 5.69 Å². The minimum absolute atomic E-state index is 0.121. The molecule has 2 aromatic rings. The second-order valence-corrected chi connectivity index (χ2v) is 5.99. The summed E-state index contributed by atoms with van der Waals surface area (Å²) in [5.74, 6) is -0.909. The van der Waals surface area contributed by atoms with Crippen LogP contribution < -0.4 is 5.73 Å². The van der Waals surface area contributed by atoms with E-state index in [2.05, 4.69) is 15.0 Å². The Labute approximate surface area is 140 Å². The molecule has 2 N–H and O–H groups in total. The summed E-state index contributed by atoms with van der Waals surface area (Å²) in [5, 5.41) is 0.244. The standard InChI is InChI=1S/C14H12ClF3N4S/c1-8-4-9(15)12(23-7-14(16,17)18)5-10(8)22-13(19)11-6-20-2-3-21-11/h2-6H,7H2,1H3,(H2,19,22). The average Bonchev–Trinajstić information content (AvgIpc) is 2.48. The number of thioether (sulfide) groups is 1. The van der Waals surface area contributed by atoms with Gasteiger partial charge in [-0.25, -0.2) is 9.98 Å². The number of rotatable bonds is 4. The molecule has 4 nitrogen and oxygen atoms in total. The predicted molar refractivity (Wildman–Crippen MR) is 85.4 cm³/mol. The van der Waals surface area contributed by atoms with Crippen molar-refractivity contribution in [1.82, 2.24) is 9.97 Å². The molecular weight excluding hydrogens is 349 g/mol. The predicted octanol–water partition coefficient (Wildman–Crippen LogP) is 4.13. The zero-order valence-corrected chi connectivity index (χ0v) is 13.5. The highest BCUT2D eigenvalue weighted by Gasteiger charge is 2.27. The Kier molecular flexibility index (Phi) is 5.48. The minimum atomic E-state index is -4.28. The molecule has 122 valence electrons. The second kappa shape index (κ2) is 7.18. The highest BCUT2D eigenvalue weighted by molar-refractivity contribution is 7.99. The molecule has 0 amide bonds. The van der Waals surface area contributed by atoms with E-state index in [1.165, 1.54) is 24.7 Å². The van der Waals surface area contributed by atoms with Gasteiger partial charge in [0, 0.05) is 17.3 Å². The minimum Gasteiger partial charge on any atom is -0.382 e. The van der Waals surface area contributed by atoms with Crippen LogP contribution in [0.4, 0.5) is 18.9 Å². The Morgan fingerprint density at radius 1 is 1.35 bits per heavy atom. The first-order valence-electron chi connectivity index (χ1n) is 6.36. The van der Waals surface area contributed by atoms with Crippen LogP contribution in [0.3, 0.4) is 0 Å². The number of benzene rings is 1. The van der Waals surface area contributed by atoms with E-state index in [9.17, 15) is 13.2 Å². The van der Waals surface area contributed by atoms with Gasteiger partial charge in [-0.15, -0.1) is 11.8 Å². The molecule has 1 aromatic carbocycles. The van der Waals surface area contributed by atoms with E-state index in [0.717, 1.165) is 0 Å². The first-order chi connectivity index (χ1) is 10.8. The maximum Gasteiger partial charge on any atom is 0.398 e. The molecule has 0 unspecified atom stereocenters. The van der Waals surface area contributed by atoms with Crippen LogP contribution in [0.5, 0.6) is 0 Å². The Bertz CT molecular complexity index is 720. The molecule has 0 aliphatic rings. The molecule has 0 spiro atoms. The number of nitrogens with zero attached hydrogens (tertiary/aromatic N) is 3. The van der Waals surface area contributed by atoms with E-state index >= 15 is 0 Å². The molecule has 1 heterocycles. The topological polar surface area (TPSA) is 64.2 Å². The normalized spacial score (nSPS) is 12.5. The smallest absolute Gasteiger partial charge is 0.382 e. The lowest BCUT2D eigenvalue weighted by Gasteiger charge is -2.10. The number of amidine groups is 1. The van der Waals surface area contributed by atoms with Gasteiger partial charge in [0.25, 0.3) is 0 Å². The molecule has 0 bridgehead atoms. The molecule has 2 rings (SSSR count). The van der Waals surface area contributed by atoms with Crippen LogP contribution in [0.25, 0.3) is 0 Å². The maximum atomic E-state index is 12.4. The van der Waals surface area contributed by atoms with Crippen molar-refractivity contribution in [3.8, 4) is 0 Å². The van der Waals surface area contributed by atoms with E-state index in [0.29, 0.717) is 33.6 Å². The van der Waals surface area contributed by atoms with Gasteiger partial charge in [-0.05, 0) is 24.6 Å². The monoisotopic (exact) mass is 360 g/mol. The number of aromatic nitrogens is 2. The molecule has 0 fully saturated rings. The first-order valence-corrected chi connectivity index (χ1v) is 7.73. The second-order valence-electron chi connectivity index (χ2n) is 4.56. The summed E-state index contributed by atoms with van der Waals surface area (Å²) >= 11 is 6.60. The molecular formula is C14H12ClF3N4S. The van der Waals surface area contributed by atoms with E-state index < -0.39 is 11.9 Å². The van der Waals surface area contributed by atoms with Crippen molar-refractivity contribution in [1.29, 1.82) is 0 Å². The van der Waals surface area contributed by atoms with Crippen LogP contribution in [0.1, 0.15) is 11.3 Å². The summed E-state index contributed by atoms with van der Waals surface area (Å²) in [7, 11) is 0. The van der Waals surface area contributed by atoms with Crippen molar-refractivity contribution in [2.45, 2.75) is 18.0 Å². The molecule has 1 aromatic heterocycles. The number of aryl methyl sites for hydroxylation is 1. The lowest BCUT2D eigenvalue weighted by atomic mass is 10.2. The van der Waals surface area contributed by atoms with E-state index in [4.69, 9.17) is 17.3 Å². The SMILES string of the molecule is Cc1cc(Cl)c(SCC(F)(F)F)cc1/N=C(\N)c1cnccn1. The van der Waals surface area contributed by atoms with Crippen LogP contribution in [0.2, 0.25) is 5.02 Å². The summed E-state index contributed by atoms with van der Waals surface area (Å²) < 4.78 is 37.1. The highest BCUT2D eigenvalue weighted by Crippen LogP contribution is 2.36. The van der Waals surface area contributed by atoms with Crippen molar-refractivity contribution in [3.63, 3.8) is 0 Å². The number of nitrogens with two attached hydrogens (primary N) is 1.